The number of nitrogens with zero attached hydrogens (tertiary/aromatic N) is 2. The summed E-state index contributed by atoms with van der Waals surface area (Å²) in [6.07, 6.45) is 1.73. The Morgan fingerprint density at radius 1 is 1.00 bits per heavy atom. The van der Waals surface area contributed by atoms with Gasteiger partial charge in [0.25, 0.3) is 0 Å². The Morgan fingerprint density at radius 2 is 1.63 bits per heavy atom. The Morgan fingerprint density at radius 3 is 2.30 bits per heavy atom. The van der Waals surface area contributed by atoms with Gasteiger partial charge in [-0.1, -0.05) is 30.3 Å². The molecule has 0 fully saturated rings. The van der Waals surface area contributed by atoms with Crippen LogP contribution >= 0.6 is 0 Å². The average molecular weight is 366 g/mol. The van der Waals surface area contributed by atoms with Crippen LogP contribution < -0.4 is 10.6 Å². The molecule has 3 rings (SSSR count). The Labute approximate surface area is 158 Å². The Bertz CT molecular complexity index is 906. The molecule has 0 radical (unpaired) electrons. The lowest BCUT2D eigenvalue weighted by Gasteiger charge is -2.18. The largest absolute Gasteiger partial charge is 0.332 e. The first-order valence-electron chi connectivity index (χ1n) is 8.88. The van der Waals surface area contributed by atoms with Crippen LogP contribution in [-0.4, -0.2) is 15.8 Å². The fourth-order valence-corrected chi connectivity index (χ4v) is 3.03. The van der Waals surface area contributed by atoms with E-state index < -0.39 is 0 Å². The minimum Gasteiger partial charge on any atom is -0.332 e. The summed E-state index contributed by atoms with van der Waals surface area (Å²) in [7, 11) is 0. The summed E-state index contributed by atoms with van der Waals surface area (Å²) in [4.78, 5) is 12.3. The van der Waals surface area contributed by atoms with E-state index in [1.165, 1.54) is 12.1 Å². The molecule has 3 aromatic rings. The molecule has 0 aliphatic rings. The van der Waals surface area contributed by atoms with Crippen molar-refractivity contribution in [2.45, 2.75) is 32.9 Å². The molecule has 1 aromatic heterocycles. The lowest BCUT2D eigenvalue weighted by atomic mass is 10.1. The SMILES string of the molecule is Cc1c([C@@H](C)NC(=O)N[C@H](C)c2ccccc2)cnn1-c1ccc(F)cc1. The maximum Gasteiger partial charge on any atom is 0.315 e. The van der Waals surface area contributed by atoms with Crippen LogP contribution in [0.3, 0.4) is 0 Å². The van der Waals surface area contributed by atoms with Crippen LogP contribution in [0.5, 0.6) is 0 Å². The minimum atomic E-state index is -0.289. The molecule has 140 valence electrons. The lowest BCUT2D eigenvalue weighted by molar-refractivity contribution is 0.235. The van der Waals surface area contributed by atoms with Crippen LogP contribution in [-0.2, 0) is 0 Å². The number of hydrogen-bond acceptors (Lipinski definition) is 2. The standard InChI is InChI=1S/C21H23FN4O/c1-14(17-7-5-4-6-8-17)24-21(27)25-15(2)20-13-23-26(16(20)3)19-11-9-18(22)10-12-19/h4-15H,1-3H3,(H2,24,25,27)/t14-,15-/m1/s1. The van der Waals surface area contributed by atoms with Crippen LogP contribution in [0.2, 0.25) is 0 Å². The molecule has 6 heteroatoms. The third-order valence-electron chi connectivity index (χ3n) is 4.58. The molecule has 0 bridgehead atoms. The second-order valence-electron chi connectivity index (χ2n) is 6.55. The van der Waals surface area contributed by atoms with E-state index in [2.05, 4.69) is 15.7 Å². The molecule has 0 spiro atoms. The van der Waals surface area contributed by atoms with E-state index in [0.29, 0.717) is 0 Å². The summed E-state index contributed by atoms with van der Waals surface area (Å²) in [5, 5.41) is 10.3. The topological polar surface area (TPSA) is 59.0 Å². The van der Waals surface area contributed by atoms with Crippen molar-refractivity contribution in [3.63, 3.8) is 0 Å². The van der Waals surface area contributed by atoms with Crippen molar-refractivity contribution in [2.75, 3.05) is 0 Å². The highest BCUT2D eigenvalue weighted by Gasteiger charge is 2.17. The van der Waals surface area contributed by atoms with E-state index >= 15 is 0 Å². The summed E-state index contributed by atoms with van der Waals surface area (Å²) in [5.41, 5.74) is 3.61. The van der Waals surface area contributed by atoms with Crippen molar-refractivity contribution < 1.29 is 9.18 Å². The van der Waals surface area contributed by atoms with E-state index in [1.54, 1.807) is 23.0 Å². The van der Waals surface area contributed by atoms with Crippen molar-refractivity contribution in [3.05, 3.63) is 83.4 Å². The van der Waals surface area contributed by atoms with Gasteiger partial charge in [0.2, 0.25) is 0 Å². The molecule has 2 N–H and O–H groups in total. The monoisotopic (exact) mass is 366 g/mol. The van der Waals surface area contributed by atoms with E-state index in [1.807, 2.05) is 51.1 Å². The smallest absolute Gasteiger partial charge is 0.315 e. The van der Waals surface area contributed by atoms with E-state index in [-0.39, 0.29) is 23.9 Å². The van der Waals surface area contributed by atoms with Crippen LogP contribution in [0.25, 0.3) is 5.69 Å². The summed E-state index contributed by atoms with van der Waals surface area (Å²) >= 11 is 0. The highest BCUT2D eigenvalue weighted by atomic mass is 19.1. The maximum absolute atomic E-state index is 13.1. The van der Waals surface area contributed by atoms with Crippen molar-refractivity contribution >= 4 is 6.03 Å². The quantitative estimate of drug-likeness (QED) is 0.701. The zero-order valence-corrected chi connectivity index (χ0v) is 15.6. The summed E-state index contributed by atoms with van der Waals surface area (Å²) < 4.78 is 14.9. The third-order valence-corrected chi connectivity index (χ3v) is 4.58. The molecule has 2 aromatic carbocycles. The molecule has 0 saturated heterocycles. The van der Waals surface area contributed by atoms with Gasteiger partial charge in [-0.3, -0.25) is 0 Å². The summed E-state index contributed by atoms with van der Waals surface area (Å²) in [6, 6.07) is 15.4. The number of carbonyl (C=O) groups excluding carboxylic acids is 1. The molecule has 0 saturated carbocycles. The summed E-state index contributed by atoms with van der Waals surface area (Å²) in [5.74, 6) is -0.289. The minimum absolute atomic E-state index is 0.0959. The highest BCUT2D eigenvalue weighted by Crippen LogP contribution is 2.20. The van der Waals surface area contributed by atoms with Gasteiger partial charge in [0.15, 0.2) is 0 Å². The lowest BCUT2D eigenvalue weighted by Crippen LogP contribution is -2.38. The fraction of sp³-hybridized carbons (Fsp3) is 0.238. The zero-order chi connectivity index (χ0) is 19.4. The van der Waals surface area contributed by atoms with Gasteiger partial charge in [0.1, 0.15) is 5.82 Å². The normalized spacial score (nSPS) is 13.0. The zero-order valence-electron chi connectivity index (χ0n) is 15.6. The number of urea groups is 1. The molecule has 2 amide bonds. The fourth-order valence-electron chi connectivity index (χ4n) is 3.03. The first-order chi connectivity index (χ1) is 13.0. The van der Waals surface area contributed by atoms with Crippen molar-refractivity contribution in [3.8, 4) is 5.69 Å². The number of benzene rings is 2. The van der Waals surface area contributed by atoms with E-state index in [9.17, 15) is 9.18 Å². The van der Waals surface area contributed by atoms with Crippen LogP contribution in [0, 0.1) is 12.7 Å². The number of halogens is 1. The Balaban J connectivity index is 1.66. The molecule has 5 nitrogen and oxygen atoms in total. The molecule has 0 aliphatic carbocycles. The first kappa shape index (κ1) is 18.6. The molecule has 1 heterocycles. The maximum atomic E-state index is 13.1. The first-order valence-corrected chi connectivity index (χ1v) is 8.88. The average Bonchev–Trinajstić information content (AvgIpc) is 3.04. The second kappa shape index (κ2) is 8.03. The van der Waals surface area contributed by atoms with Gasteiger partial charge < -0.3 is 10.6 Å². The van der Waals surface area contributed by atoms with Gasteiger partial charge in [0.05, 0.1) is 24.0 Å². The predicted molar refractivity (Wildman–Crippen MR) is 103 cm³/mol. The van der Waals surface area contributed by atoms with Gasteiger partial charge in [-0.05, 0) is 50.6 Å². The van der Waals surface area contributed by atoms with Gasteiger partial charge in [0, 0.05) is 11.3 Å². The number of rotatable bonds is 5. The van der Waals surface area contributed by atoms with Gasteiger partial charge in [-0.2, -0.15) is 5.10 Å². The van der Waals surface area contributed by atoms with E-state index in [0.717, 1.165) is 22.5 Å². The molecule has 27 heavy (non-hydrogen) atoms. The third kappa shape index (κ3) is 4.34. The molecule has 2 atom stereocenters. The number of nitrogens with one attached hydrogen (secondary N) is 2. The van der Waals surface area contributed by atoms with Gasteiger partial charge in [-0.15, -0.1) is 0 Å². The number of amides is 2. The Hall–Kier alpha value is -3.15. The number of carbonyl (C=O) groups is 1. The van der Waals surface area contributed by atoms with Crippen molar-refractivity contribution in [1.29, 1.82) is 0 Å². The van der Waals surface area contributed by atoms with Crippen LogP contribution in [0.1, 0.15) is 42.8 Å². The molecule has 0 unspecified atom stereocenters. The van der Waals surface area contributed by atoms with Crippen LogP contribution in [0.15, 0.2) is 60.8 Å². The van der Waals surface area contributed by atoms with Gasteiger partial charge in [-0.25, -0.2) is 13.9 Å². The number of hydrogen-bond donors (Lipinski definition) is 2. The molecular formula is C21H23FN4O. The van der Waals surface area contributed by atoms with E-state index in [4.69, 9.17) is 0 Å². The molecular weight excluding hydrogens is 343 g/mol. The number of aromatic nitrogens is 2. The van der Waals surface area contributed by atoms with Crippen LogP contribution in [0.4, 0.5) is 9.18 Å². The van der Waals surface area contributed by atoms with Crippen molar-refractivity contribution in [2.24, 2.45) is 0 Å². The Kier molecular flexibility index (Phi) is 5.54. The van der Waals surface area contributed by atoms with Gasteiger partial charge >= 0.3 is 6.03 Å². The summed E-state index contributed by atoms with van der Waals surface area (Å²) in [6.45, 7) is 5.78. The second-order valence-corrected chi connectivity index (χ2v) is 6.55. The highest BCUT2D eigenvalue weighted by molar-refractivity contribution is 5.75. The van der Waals surface area contributed by atoms with Crippen molar-refractivity contribution in [1.82, 2.24) is 20.4 Å². The predicted octanol–water partition coefficient (Wildman–Crippen LogP) is 4.44. The molecule has 0 aliphatic heterocycles.